The first-order valence-electron chi connectivity index (χ1n) is 6.42. The third kappa shape index (κ3) is 2.74. The molecular formula is C14H17NO5. The normalized spacial score (nSPS) is 17.3. The van der Waals surface area contributed by atoms with Gasteiger partial charge < -0.3 is 9.84 Å². The molecular weight excluding hydrogens is 262 g/mol. The highest BCUT2D eigenvalue weighted by molar-refractivity contribution is 5.75. The number of ether oxygens (including phenoxy) is 1. The van der Waals surface area contributed by atoms with E-state index >= 15 is 0 Å². The minimum absolute atomic E-state index is 0.0807. The van der Waals surface area contributed by atoms with Crippen molar-refractivity contribution >= 4 is 11.7 Å². The molecule has 108 valence electrons. The molecule has 20 heavy (non-hydrogen) atoms. The molecule has 0 radical (unpaired) electrons. The van der Waals surface area contributed by atoms with E-state index in [1.807, 2.05) is 0 Å². The molecule has 1 aromatic carbocycles. The molecule has 1 atom stereocenters. The number of methoxy groups -OCH3 is 1. The van der Waals surface area contributed by atoms with Gasteiger partial charge in [0, 0.05) is 6.07 Å². The lowest BCUT2D eigenvalue weighted by Gasteiger charge is -2.24. The molecule has 0 bridgehead atoms. The number of rotatable bonds is 6. The molecule has 0 aromatic heterocycles. The summed E-state index contributed by atoms with van der Waals surface area (Å²) in [5.41, 5.74) is -0.337. The average Bonchev–Trinajstić information content (AvgIpc) is 3.22. The maximum Gasteiger partial charge on any atom is 0.309 e. The number of hydrogen-bond acceptors (Lipinski definition) is 4. The summed E-state index contributed by atoms with van der Waals surface area (Å²) in [5.74, 6) is -0.339. The van der Waals surface area contributed by atoms with Gasteiger partial charge in [0.2, 0.25) is 0 Å². The highest BCUT2D eigenvalue weighted by Crippen LogP contribution is 2.48. The van der Waals surface area contributed by atoms with Gasteiger partial charge in [0.1, 0.15) is 5.75 Å². The summed E-state index contributed by atoms with van der Waals surface area (Å²) in [7, 11) is 1.43. The van der Waals surface area contributed by atoms with Crippen LogP contribution in [0.25, 0.3) is 0 Å². The predicted molar refractivity (Wildman–Crippen MR) is 71.8 cm³/mol. The van der Waals surface area contributed by atoms with E-state index in [0.717, 1.165) is 12.8 Å². The lowest BCUT2D eigenvalue weighted by molar-refractivity contribution is -0.385. The van der Waals surface area contributed by atoms with E-state index in [1.165, 1.54) is 19.2 Å². The van der Waals surface area contributed by atoms with Crippen molar-refractivity contribution in [3.8, 4) is 5.75 Å². The summed E-state index contributed by atoms with van der Waals surface area (Å²) < 4.78 is 5.04. The number of benzene rings is 1. The fourth-order valence-corrected chi connectivity index (χ4v) is 2.51. The number of nitrogens with zero attached hydrogens (tertiary/aromatic N) is 1. The Labute approximate surface area is 116 Å². The Bertz CT molecular complexity index is 552. The monoisotopic (exact) mass is 279 g/mol. The molecule has 0 aliphatic heterocycles. The number of aliphatic carboxylic acids is 1. The van der Waals surface area contributed by atoms with Crippen LogP contribution < -0.4 is 4.74 Å². The Morgan fingerprint density at radius 2 is 2.15 bits per heavy atom. The van der Waals surface area contributed by atoms with Crippen LogP contribution in [-0.4, -0.2) is 23.1 Å². The second kappa shape index (κ2) is 5.11. The Morgan fingerprint density at radius 1 is 1.50 bits per heavy atom. The second-order valence-electron chi connectivity index (χ2n) is 5.47. The van der Waals surface area contributed by atoms with Crippen LogP contribution in [0.4, 0.5) is 5.69 Å². The minimum atomic E-state index is -0.875. The summed E-state index contributed by atoms with van der Waals surface area (Å²) in [6, 6.07) is 4.42. The van der Waals surface area contributed by atoms with Gasteiger partial charge in [-0.1, -0.05) is 0 Å². The average molecular weight is 279 g/mol. The zero-order valence-electron chi connectivity index (χ0n) is 11.5. The Hall–Kier alpha value is -2.11. The summed E-state index contributed by atoms with van der Waals surface area (Å²) in [4.78, 5) is 21.9. The molecule has 1 fully saturated rings. The van der Waals surface area contributed by atoms with Crippen molar-refractivity contribution in [3.05, 3.63) is 33.9 Å². The molecule has 0 heterocycles. The quantitative estimate of drug-likeness (QED) is 0.638. The number of carboxylic acids is 1. The van der Waals surface area contributed by atoms with Gasteiger partial charge in [-0.25, -0.2) is 0 Å². The first-order chi connectivity index (χ1) is 9.36. The lowest BCUT2D eigenvalue weighted by atomic mass is 9.79. The molecule has 6 nitrogen and oxygen atoms in total. The van der Waals surface area contributed by atoms with Crippen molar-refractivity contribution in [2.24, 2.45) is 11.3 Å². The zero-order valence-corrected chi connectivity index (χ0v) is 11.5. The van der Waals surface area contributed by atoms with E-state index in [2.05, 4.69) is 0 Å². The highest BCUT2D eigenvalue weighted by atomic mass is 16.6. The van der Waals surface area contributed by atoms with Crippen LogP contribution in [0.3, 0.4) is 0 Å². The molecule has 1 N–H and O–H groups in total. The number of hydrogen-bond donors (Lipinski definition) is 1. The van der Waals surface area contributed by atoms with Crippen molar-refractivity contribution in [2.45, 2.75) is 26.2 Å². The smallest absolute Gasteiger partial charge is 0.309 e. The van der Waals surface area contributed by atoms with E-state index in [9.17, 15) is 20.0 Å². The van der Waals surface area contributed by atoms with Crippen molar-refractivity contribution in [1.82, 2.24) is 0 Å². The summed E-state index contributed by atoms with van der Waals surface area (Å²) in [5, 5.41) is 20.3. The van der Waals surface area contributed by atoms with E-state index in [0.29, 0.717) is 11.3 Å². The van der Waals surface area contributed by atoms with Crippen molar-refractivity contribution in [2.75, 3.05) is 7.11 Å². The van der Waals surface area contributed by atoms with Crippen LogP contribution in [0.15, 0.2) is 18.2 Å². The topological polar surface area (TPSA) is 89.7 Å². The number of carbonyl (C=O) groups is 1. The van der Waals surface area contributed by atoms with Crippen LogP contribution >= 0.6 is 0 Å². The molecule has 0 spiro atoms. The summed E-state index contributed by atoms with van der Waals surface area (Å²) >= 11 is 0. The third-order valence-electron chi connectivity index (χ3n) is 3.94. The van der Waals surface area contributed by atoms with Crippen molar-refractivity contribution < 1.29 is 19.6 Å². The van der Waals surface area contributed by atoms with Crippen LogP contribution in [0, 0.1) is 21.4 Å². The second-order valence-corrected chi connectivity index (χ2v) is 5.47. The summed E-state index contributed by atoms with van der Waals surface area (Å²) in [6.07, 6.45) is 2.06. The van der Waals surface area contributed by atoms with Crippen molar-refractivity contribution in [3.63, 3.8) is 0 Å². The van der Waals surface area contributed by atoms with E-state index in [1.54, 1.807) is 13.0 Å². The predicted octanol–water partition coefficient (Wildman–Crippen LogP) is 2.65. The van der Waals surface area contributed by atoms with Crippen LogP contribution in [-0.2, 0) is 11.2 Å². The number of non-ortho nitro benzene ring substituents is 1. The fraction of sp³-hybridized carbons (Fsp3) is 0.500. The SMILES string of the molecule is COc1cc(CC(C)(C(=O)O)C2CC2)cc([N+](=O)[O-])c1. The molecule has 1 aliphatic rings. The van der Waals surface area contributed by atoms with E-state index < -0.39 is 16.3 Å². The Kier molecular flexibility index (Phi) is 3.65. The third-order valence-corrected chi connectivity index (χ3v) is 3.94. The van der Waals surface area contributed by atoms with Gasteiger partial charge >= 0.3 is 5.97 Å². The zero-order chi connectivity index (χ0) is 14.9. The van der Waals surface area contributed by atoms with Crippen LogP contribution in [0.2, 0.25) is 0 Å². The standard InChI is InChI=1S/C14H17NO5/c1-14(13(16)17,10-3-4-10)8-9-5-11(15(18)19)7-12(6-9)20-2/h5-7,10H,3-4,8H2,1-2H3,(H,16,17). The van der Waals surface area contributed by atoms with Gasteiger partial charge in [0.05, 0.1) is 23.5 Å². The first kappa shape index (κ1) is 14.3. The molecule has 1 aromatic rings. The van der Waals surface area contributed by atoms with Crippen LogP contribution in [0.5, 0.6) is 5.75 Å². The van der Waals surface area contributed by atoms with Gasteiger partial charge in [-0.2, -0.15) is 0 Å². The number of carboxylic acid groups (broad SMARTS) is 1. The molecule has 2 rings (SSSR count). The molecule has 1 saturated carbocycles. The van der Waals surface area contributed by atoms with Gasteiger partial charge in [0.15, 0.2) is 0 Å². The fourth-order valence-electron chi connectivity index (χ4n) is 2.51. The molecule has 0 amide bonds. The molecule has 0 saturated heterocycles. The molecule has 1 unspecified atom stereocenters. The van der Waals surface area contributed by atoms with E-state index in [-0.39, 0.29) is 18.0 Å². The van der Waals surface area contributed by atoms with Gasteiger partial charge in [0.25, 0.3) is 5.69 Å². The largest absolute Gasteiger partial charge is 0.496 e. The summed E-state index contributed by atoms with van der Waals surface area (Å²) in [6.45, 7) is 1.71. The van der Waals surface area contributed by atoms with Gasteiger partial charge in [-0.15, -0.1) is 0 Å². The lowest BCUT2D eigenvalue weighted by Crippen LogP contribution is -2.32. The first-order valence-corrected chi connectivity index (χ1v) is 6.42. The number of nitro benzene ring substituents is 1. The Morgan fingerprint density at radius 3 is 2.60 bits per heavy atom. The maximum atomic E-state index is 11.5. The van der Waals surface area contributed by atoms with Gasteiger partial charge in [-0.3, -0.25) is 14.9 Å². The Balaban J connectivity index is 2.34. The maximum absolute atomic E-state index is 11.5. The van der Waals surface area contributed by atoms with E-state index in [4.69, 9.17) is 4.74 Å². The van der Waals surface area contributed by atoms with Crippen LogP contribution in [0.1, 0.15) is 25.3 Å². The number of nitro groups is 1. The highest BCUT2D eigenvalue weighted by Gasteiger charge is 2.47. The molecule has 6 heteroatoms. The van der Waals surface area contributed by atoms with Crippen molar-refractivity contribution in [1.29, 1.82) is 0 Å². The minimum Gasteiger partial charge on any atom is -0.496 e. The molecule has 1 aliphatic carbocycles. The van der Waals surface area contributed by atoms with Gasteiger partial charge in [-0.05, 0) is 43.7 Å².